The Morgan fingerprint density at radius 1 is 0.636 bits per heavy atom. The van der Waals surface area contributed by atoms with Crippen LogP contribution < -0.4 is 0 Å². The molecule has 116 valence electrons. The maximum Gasteiger partial charge on any atom is -0.0152 e. The lowest BCUT2D eigenvalue weighted by atomic mass is 10.0. The van der Waals surface area contributed by atoms with Crippen molar-refractivity contribution < 1.29 is 0 Å². The summed E-state index contributed by atoms with van der Waals surface area (Å²) >= 11 is 0. The Labute approximate surface area is 135 Å². The molecule has 0 aromatic heterocycles. The highest BCUT2D eigenvalue weighted by Gasteiger charge is 1.95. The fourth-order valence-corrected chi connectivity index (χ4v) is 2.24. The Bertz CT molecular complexity index is 637. The molecule has 0 spiro atoms. The molecule has 0 amide bonds. The average Bonchev–Trinajstić information content (AvgIpc) is 2.59. The number of fused-ring (bicyclic) bond motifs is 1. The van der Waals surface area contributed by atoms with Crippen LogP contribution in [0.1, 0.15) is 37.5 Å². The predicted octanol–water partition coefficient (Wildman–Crippen LogP) is 6.73. The van der Waals surface area contributed by atoms with E-state index in [0.717, 1.165) is 6.42 Å². The van der Waals surface area contributed by atoms with Gasteiger partial charge in [0, 0.05) is 0 Å². The van der Waals surface area contributed by atoms with E-state index in [1.165, 1.54) is 27.5 Å². The van der Waals surface area contributed by atoms with Gasteiger partial charge in [-0.25, -0.2) is 0 Å². The first-order valence-corrected chi connectivity index (χ1v) is 8.20. The normalized spacial score (nSPS) is 9.32. The molecule has 0 saturated heterocycles. The van der Waals surface area contributed by atoms with Crippen LogP contribution in [0.4, 0.5) is 0 Å². The van der Waals surface area contributed by atoms with Gasteiger partial charge in [0.1, 0.15) is 0 Å². The smallest absolute Gasteiger partial charge is 0.0152 e. The first-order chi connectivity index (χ1) is 10.7. The first kappa shape index (κ1) is 18.0. The third-order valence-electron chi connectivity index (χ3n) is 3.48. The average molecular weight is 292 g/mol. The molecule has 0 aliphatic rings. The van der Waals surface area contributed by atoms with Gasteiger partial charge in [-0.1, -0.05) is 98.6 Å². The van der Waals surface area contributed by atoms with Gasteiger partial charge in [0.2, 0.25) is 0 Å². The molecule has 3 aromatic carbocycles. The van der Waals surface area contributed by atoms with Crippen molar-refractivity contribution in [2.45, 2.75) is 41.0 Å². The van der Waals surface area contributed by atoms with E-state index in [4.69, 9.17) is 0 Å². The van der Waals surface area contributed by atoms with Gasteiger partial charge in [0.25, 0.3) is 0 Å². The molecule has 0 aliphatic heterocycles. The lowest BCUT2D eigenvalue weighted by Gasteiger charge is -2.02. The summed E-state index contributed by atoms with van der Waals surface area (Å²) in [6.07, 6.45) is 1.11. The molecule has 0 N–H and O–H groups in total. The van der Waals surface area contributed by atoms with Crippen LogP contribution in [0, 0.1) is 13.8 Å². The molecule has 0 bridgehead atoms. The van der Waals surface area contributed by atoms with Crippen LogP contribution in [-0.2, 0) is 6.42 Å². The van der Waals surface area contributed by atoms with Crippen LogP contribution in [0.15, 0.2) is 66.7 Å². The molecule has 0 saturated carbocycles. The summed E-state index contributed by atoms with van der Waals surface area (Å²) in [5, 5.41) is 2.74. The van der Waals surface area contributed by atoms with Crippen LogP contribution in [0.25, 0.3) is 10.8 Å². The Morgan fingerprint density at radius 2 is 1.14 bits per heavy atom. The molecule has 0 heterocycles. The van der Waals surface area contributed by atoms with Gasteiger partial charge in [0.15, 0.2) is 0 Å². The van der Waals surface area contributed by atoms with Crippen LogP contribution >= 0.6 is 0 Å². The largest absolute Gasteiger partial charge is 0.0683 e. The van der Waals surface area contributed by atoms with Crippen molar-refractivity contribution >= 4 is 10.8 Å². The zero-order valence-electron chi connectivity index (χ0n) is 14.6. The molecule has 0 atom stereocenters. The first-order valence-electron chi connectivity index (χ1n) is 8.20. The minimum atomic E-state index is 1.11. The lowest BCUT2D eigenvalue weighted by Crippen LogP contribution is -1.81. The van der Waals surface area contributed by atoms with E-state index in [9.17, 15) is 0 Å². The summed E-state index contributed by atoms with van der Waals surface area (Å²) in [5.74, 6) is 0. The van der Waals surface area contributed by atoms with E-state index >= 15 is 0 Å². The molecule has 3 rings (SSSR count). The summed E-state index contributed by atoms with van der Waals surface area (Å²) in [5.41, 5.74) is 4.10. The fourth-order valence-electron chi connectivity index (χ4n) is 2.24. The van der Waals surface area contributed by atoms with Crippen LogP contribution in [0.3, 0.4) is 0 Å². The van der Waals surface area contributed by atoms with Crippen molar-refractivity contribution in [2.24, 2.45) is 0 Å². The van der Waals surface area contributed by atoms with Gasteiger partial charge < -0.3 is 0 Å². The number of benzene rings is 3. The summed E-state index contributed by atoms with van der Waals surface area (Å²) in [6.45, 7) is 10.4. The standard InChI is InChI=1S/C12H12.C8H10.C2H6/c1-2-10-7-5-8-11-6-3-4-9-12(10)11;1-7-3-5-8(2)6-4-7;1-2/h3-9H,2H2,1H3;3-6H,1-2H3;1-2H3. The van der Waals surface area contributed by atoms with Gasteiger partial charge in [0.05, 0.1) is 0 Å². The van der Waals surface area contributed by atoms with Crippen LogP contribution in [-0.4, -0.2) is 0 Å². The monoisotopic (exact) mass is 292 g/mol. The maximum atomic E-state index is 2.20. The molecule has 22 heavy (non-hydrogen) atoms. The fraction of sp³-hybridized carbons (Fsp3) is 0.273. The molecule has 3 aromatic rings. The Hall–Kier alpha value is -2.08. The van der Waals surface area contributed by atoms with Crippen molar-refractivity contribution in [1.82, 2.24) is 0 Å². The Morgan fingerprint density at radius 3 is 1.68 bits per heavy atom. The van der Waals surface area contributed by atoms with Crippen LogP contribution in [0.5, 0.6) is 0 Å². The second kappa shape index (κ2) is 9.78. The highest BCUT2D eigenvalue weighted by atomic mass is 14.0. The molecular weight excluding hydrogens is 264 g/mol. The number of aryl methyl sites for hydroxylation is 3. The molecule has 0 unspecified atom stereocenters. The van der Waals surface area contributed by atoms with Crippen molar-refractivity contribution in [3.63, 3.8) is 0 Å². The van der Waals surface area contributed by atoms with Crippen molar-refractivity contribution in [3.05, 3.63) is 83.4 Å². The summed E-state index contributed by atoms with van der Waals surface area (Å²) in [7, 11) is 0. The topological polar surface area (TPSA) is 0 Å². The molecular formula is C22H28. The van der Waals surface area contributed by atoms with E-state index in [-0.39, 0.29) is 0 Å². The zero-order chi connectivity index (χ0) is 16.4. The minimum absolute atomic E-state index is 1.11. The second-order valence-corrected chi connectivity index (χ2v) is 5.15. The van der Waals surface area contributed by atoms with Gasteiger partial charge in [-0.05, 0) is 36.6 Å². The SMILES string of the molecule is CC.CCc1cccc2ccccc12.Cc1ccc(C)cc1. The molecule has 0 fully saturated rings. The molecule has 0 nitrogen and oxygen atoms in total. The minimum Gasteiger partial charge on any atom is -0.0683 e. The number of hydrogen-bond donors (Lipinski definition) is 0. The second-order valence-electron chi connectivity index (χ2n) is 5.15. The summed E-state index contributed by atoms with van der Waals surface area (Å²) in [6, 6.07) is 23.5. The maximum absolute atomic E-state index is 2.20. The molecule has 0 radical (unpaired) electrons. The van der Waals surface area contributed by atoms with Crippen molar-refractivity contribution in [3.8, 4) is 0 Å². The highest BCUT2D eigenvalue weighted by Crippen LogP contribution is 2.18. The quantitative estimate of drug-likeness (QED) is 0.466. The van der Waals surface area contributed by atoms with Gasteiger partial charge in [-0.3, -0.25) is 0 Å². The highest BCUT2D eigenvalue weighted by molar-refractivity contribution is 5.85. The van der Waals surface area contributed by atoms with Gasteiger partial charge >= 0.3 is 0 Å². The summed E-state index contributed by atoms with van der Waals surface area (Å²) in [4.78, 5) is 0. The van der Waals surface area contributed by atoms with E-state index in [0.29, 0.717) is 0 Å². The summed E-state index contributed by atoms with van der Waals surface area (Å²) < 4.78 is 0. The Kier molecular flexibility index (Phi) is 7.99. The van der Waals surface area contributed by atoms with E-state index in [1.807, 2.05) is 13.8 Å². The number of hydrogen-bond acceptors (Lipinski definition) is 0. The van der Waals surface area contributed by atoms with E-state index in [1.54, 1.807) is 0 Å². The third kappa shape index (κ3) is 5.37. The third-order valence-corrected chi connectivity index (χ3v) is 3.48. The molecule has 0 heteroatoms. The van der Waals surface area contributed by atoms with E-state index in [2.05, 4.69) is 87.5 Å². The van der Waals surface area contributed by atoms with Crippen molar-refractivity contribution in [2.75, 3.05) is 0 Å². The lowest BCUT2D eigenvalue weighted by molar-refractivity contribution is 1.16. The number of rotatable bonds is 1. The predicted molar refractivity (Wildman–Crippen MR) is 101 cm³/mol. The molecule has 0 aliphatic carbocycles. The van der Waals surface area contributed by atoms with E-state index < -0.39 is 0 Å². The van der Waals surface area contributed by atoms with Crippen LogP contribution in [0.2, 0.25) is 0 Å². The van der Waals surface area contributed by atoms with Crippen molar-refractivity contribution in [1.29, 1.82) is 0 Å². The van der Waals surface area contributed by atoms with Gasteiger partial charge in [-0.15, -0.1) is 0 Å². The Balaban J connectivity index is 0.000000211. The zero-order valence-corrected chi connectivity index (χ0v) is 14.6. The van der Waals surface area contributed by atoms with Gasteiger partial charge in [-0.2, -0.15) is 0 Å².